The van der Waals surface area contributed by atoms with E-state index in [1.54, 1.807) is 6.07 Å². The number of phenols is 1. The van der Waals surface area contributed by atoms with Crippen LogP contribution in [-0.2, 0) is 4.79 Å². The first-order valence-corrected chi connectivity index (χ1v) is 10.9. The lowest BCUT2D eigenvalue weighted by atomic mass is 10.1. The van der Waals surface area contributed by atoms with Gasteiger partial charge in [-0.2, -0.15) is 0 Å². The number of benzene rings is 2. The highest BCUT2D eigenvalue weighted by atomic mass is 79.9. The van der Waals surface area contributed by atoms with Crippen LogP contribution in [0.3, 0.4) is 0 Å². The normalized spacial score (nSPS) is 11.6. The molecule has 1 heterocycles. The fraction of sp³-hybridized carbons (Fsp3) is 0.182. The minimum absolute atomic E-state index is 0.0209. The number of esters is 1. The van der Waals surface area contributed by atoms with Gasteiger partial charge in [0.15, 0.2) is 5.96 Å². The smallest absolute Gasteiger partial charge is 0.345 e. The van der Waals surface area contributed by atoms with Gasteiger partial charge in [0.2, 0.25) is 0 Å². The van der Waals surface area contributed by atoms with Crippen LogP contribution in [0.4, 0.5) is 0 Å². The zero-order valence-electron chi connectivity index (χ0n) is 17.7. The Hall–Kier alpha value is -4.06. The summed E-state index contributed by atoms with van der Waals surface area (Å²) in [7, 11) is 0. The van der Waals surface area contributed by atoms with E-state index in [0.29, 0.717) is 21.8 Å². The van der Waals surface area contributed by atoms with Crippen LogP contribution in [0, 0.1) is 0 Å². The number of nitrogens with one attached hydrogen (secondary N) is 2. The number of ether oxygens (including phenoxy) is 1. The molecular formula is C22H22BrN5O6. The van der Waals surface area contributed by atoms with E-state index < -0.39 is 23.9 Å². The summed E-state index contributed by atoms with van der Waals surface area (Å²) in [6.07, 6.45) is 1.98. The molecule has 0 aliphatic heterocycles. The van der Waals surface area contributed by atoms with Crippen molar-refractivity contribution < 1.29 is 29.3 Å². The number of guanidine groups is 1. The van der Waals surface area contributed by atoms with Gasteiger partial charge in [0.05, 0.1) is 10.0 Å². The Labute approximate surface area is 201 Å². The van der Waals surface area contributed by atoms with E-state index in [0.717, 1.165) is 0 Å². The monoisotopic (exact) mass is 531 g/mol. The molecule has 34 heavy (non-hydrogen) atoms. The molecule has 11 nitrogen and oxygen atoms in total. The highest BCUT2D eigenvalue weighted by molar-refractivity contribution is 9.10. The van der Waals surface area contributed by atoms with Gasteiger partial charge in [0.25, 0.3) is 5.91 Å². The first-order valence-electron chi connectivity index (χ1n) is 10.1. The topological polar surface area (TPSA) is 193 Å². The summed E-state index contributed by atoms with van der Waals surface area (Å²) in [4.78, 5) is 43.2. The summed E-state index contributed by atoms with van der Waals surface area (Å²) in [5, 5.41) is 22.2. The summed E-state index contributed by atoms with van der Waals surface area (Å²) in [6, 6.07) is 7.63. The second-order valence-corrected chi connectivity index (χ2v) is 8.13. The van der Waals surface area contributed by atoms with E-state index in [2.05, 4.69) is 31.2 Å². The summed E-state index contributed by atoms with van der Waals surface area (Å²) in [6.45, 7) is 0.245. The van der Waals surface area contributed by atoms with Crippen LogP contribution in [0.5, 0.6) is 11.5 Å². The average Bonchev–Trinajstić information content (AvgIpc) is 3.18. The Morgan fingerprint density at radius 2 is 1.88 bits per heavy atom. The minimum Gasteiger partial charge on any atom is -0.507 e. The fourth-order valence-electron chi connectivity index (χ4n) is 3.14. The number of phenolic OH excluding ortho intramolecular Hbond substituents is 1. The number of nitrogens with zero attached hydrogens (tertiary/aromatic N) is 1. The number of halogens is 1. The van der Waals surface area contributed by atoms with E-state index in [1.165, 1.54) is 36.5 Å². The van der Waals surface area contributed by atoms with Crippen LogP contribution in [0.2, 0.25) is 0 Å². The Bertz CT molecular complexity index is 1250. The molecule has 0 radical (unpaired) electrons. The Kier molecular flexibility index (Phi) is 7.74. The molecule has 0 saturated heterocycles. The van der Waals surface area contributed by atoms with Gasteiger partial charge in [-0.05, 0) is 65.2 Å². The molecule has 0 aliphatic rings. The minimum atomic E-state index is -1.18. The van der Waals surface area contributed by atoms with Crippen LogP contribution in [-0.4, -0.2) is 51.6 Å². The maximum atomic E-state index is 12.6. The van der Waals surface area contributed by atoms with Gasteiger partial charge in [-0.3, -0.25) is 9.79 Å². The first kappa shape index (κ1) is 24.6. The maximum absolute atomic E-state index is 12.6. The Balaban J connectivity index is 1.63. The van der Waals surface area contributed by atoms with Gasteiger partial charge in [-0.1, -0.05) is 0 Å². The number of nitrogens with two attached hydrogens (primary N) is 2. The molecule has 178 valence electrons. The number of aromatic hydroxyl groups is 1. The van der Waals surface area contributed by atoms with Crippen LogP contribution >= 0.6 is 15.9 Å². The van der Waals surface area contributed by atoms with Gasteiger partial charge < -0.3 is 36.7 Å². The van der Waals surface area contributed by atoms with Crippen molar-refractivity contribution in [3.05, 3.63) is 58.2 Å². The largest absolute Gasteiger partial charge is 0.507 e. The number of fused-ring (bicyclic) bond motifs is 1. The highest BCUT2D eigenvalue weighted by Crippen LogP contribution is 2.31. The third kappa shape index (κ3) is 6.04. The van der Waals surface area contributed by atoms with Crippen molar-refractivity contribution in [2.75, 3.05) is 6.54 Å². The summed E-state index contributed by atoms with van der Waals surface area (Å²) in [5.41, 5.74) is 11.5. The number of aromatic amines is 1. The molecular weight excluding hydrogens is 510 g/mol. The lowest BCUT2D eigenvalue weighted by Gasteiger charge is -2.14. The van der Waals surface area contributed by atoms with Gasteiger partial charge in [0, 0.05) is 29.2 Å². The Morgan fingerprint density at radius 1 is 1.18 bits per heavy atom. The third-order valence-corrected chi connectivity index (χ3v) is 5.48. The van der Waals surface area contributed by atoms with E-state index >= 15 is 0 Å². The van der Waals surface area contributed by atoms with E-state index in [4.69, 9.17) is 16.2 Å². The van der Waals surface area contributed by atoms with Crippen molar-refractivity contribution in [1.29, 1.82) is 0 Å². The summed E-state index contributed by atoms with van der Waals surface area (Å²) in [5.74, 6) is -2.36. The van der Waals surface area contributed by atoms with Gasteiger partial charge in [-0.15, -0.1) is 0 Å². The molecule has 2 aromatic carbocycles. The lowest BCUT2D eigenvalue weighted by Crippen LogP contribution is -2.40. The maximum Gasteiger partial charge on any atom is 0.345 e. The van der Waals surface area contributed by atoms with E-state index in [-0.39, 0.29) is 41.6 Å². The molecule has 0 saturated carbocycles. The van der Waals surface area contributed by atoms with Crippen LogP contribution in [0.15, 0.2) is 52.1 Å². The second-order valence-electron chi connectivity index (χ2n) is 7.28. The summed E-state index contributed by atoms with van der Waals surface area (Å²) < 4.78 is 5.85. The molecule has 12 heteroatoms. The average molecular weight is 532 g/mol. The quantitative estimate of drug-likeness (QED) is 0.0793. The first-order chi connectivity index (χ1) is 16.2. The van der Waals surface area contributed by atoms with Crippen molar-refractivity contribution in [2.24, 2.45) is 16.5 Å². The number of rotatable bonds is 9. The number of carboxylic acid groups (broad SMARTS) is 1. The number of amides is 1. The number of hydrogen-bond acceptors (Lipinski definition) is 6. The molecule has 0 spiro atoms. The third-order valence-electron chi connectivity index (χ3n) is 4.84. The van der Waals surface area contributed by atoms with Gasteiger partial charge in [-0.25, -0.2) is 9.59 Å². The molecule has 0 fully saturated rings. The lowest BCUT2D eigenvalue weighted by molar-refractivity contribution is -0.139. The number of aromatic nitrogens is 1. The SMILES string of the molecule is NC(N)=NCCCC(NC(=O)c1ccc(OC(=O)c2c[nH]c3cc(Br)c(O)cc23)cc1)C(=O)O. The molecule has 1 atom stereocenters. The molecule has 3 rings (SSSR count). The molecule has 3 aromatic rings. The fourth-order valence-corrected chi connectivity index (χ4v) is 3.48. The molecule has 0 aliphatic carbocycles. The number of aliphatic carboxylic acids is 1. The van der Waals surface area contributed by atoms with Crippen molar-refractivity contribution in [1.82, 2.24) is 10.3 Å². The molecule has 8 N–H and O–H groups in total. The van der Waals surface area contributed by atoms with Gasteiger partial charge in [0.1, 0.15) is 17.5 Å². The van der Waals surface area contributed by atoms with Crippen molar-refractivity contribution in [2.45, 2.75) is 18.9 Å². The molecule has 1 unspecified atom stereocenters. The zero-order valence-corrected chi connectivity index (χ0v) is 19.3. The van der Waals surface area contributed by atoms with Crippen molar-refractivity contribution in [3.8, 4) is 11.5 Å². The molecule has 0 bridgehead atoms. The van der Waals surface area contributed by atoms with Gasteiger partial charge >= 0.3 is 11.9 Å². The number of carboxylic acids is 1. The van der Waals surface area contributed by atoms with Crippen LogP contribution in [0.1, 0.15) is 33.6 Å². The predicted octanol–water partition coefficient (Wildman–Crippen LogP) is 2.09. The van der Waals surface area contributed by atoms with E-state index in [9.17, 15) is 24.6 Å². The standard InChI is InChI=1S/C22H22BrN5O6/c23-15-9-17-13(8-18(15)29)14(10-27-17)21(33)34-12-5-3-11(4-6-12)19(30)28-16(20(31)32)2-1-7-26-22(24)25/h3-6,8-10,16,27,29H,1-2,7H2,(H,28,30)(H,31,32)(H4,24,25,26). The zero-order chi connectivity index (χ0) is 24.8. The number of H-pyrrole nitrogens is 1. The highest BCUT2D eigenvalue weighted by Gasteiger charge is 2.21. The number of carbonyl (C=O) groups excluding carboxylic acids is 2. The van der Waals surface area contributed by atoms with Crippen LogP contribution in [0.25, 0.3) is 10.9 Å². The molecule has 1 aromatic heterocycles. The van der Waals surface area contributed by atoms with Crippen molar-refractivity contribution >= 4 is 50.6 Å². The number of aliphatic imine (C=N–C) groups is 1. The Morgan fingerprint density at radius 3 is 2.53 bits per heavy atom. The van der Waals surface area contributed by atoms with Crippen LogP contribution < -0.4 is 21.5 Å². The number of hydrogen-bond donors (Lipinski definition) is 6. The summed E-state index contributed by atoms with van der Waals surface area (Å²) >= 11 is 3.21. The second kappa shape index (κ2) is 10.7. The van der Waals surface area contributed by atoms with Crippen molar-refractivity contribution in [3.63, 3.8) is 0 Å². The molecule has 1 amide bonds. The predicted molar refractivity (Wildman–Crippen MR) is 128 cm³/mol. The van der Waals surface area contributed by atoms with E-state index in [1.807, 2.05) is 0 Å². The number of carbonyl (C=O) groups is 3.